The van der Waals surface area contributed by atoms with Crippen molar-refractivity contribution in [2.45, 2.75) is 30.4 Å². The van der Waals surface area contributed by atoms with Gasteiger partial charge in [0, 0.05) is 22.3 Å². The van der Waals surface area contributed by atoms with Crippen LogP contribution in [0.15, 0.2) is 71.6 Å². The quantitative estimate of drug-likeness (QED) is 0.561. The van der Waals surface area contributed by atoms with Gasteiger partial charge in [0.25, 0.3) is 0 Å². The number of rotatable bonds is 5. The van der Waals surface area contributed by atoms with Crippen LogP contribution in [-0.2, 0) is 9.59 Å². The lowest BCUT2D eigenvalue weighted by molar-refractivity contribution is -0.121. The number of nitrogens with one attached hydrogen (secondary N) is 1. The Labute approximate surface area is 192 Å². The number of ether oxygens (including phenoxy) is 1. The summed E-state index contributed by atoms with van der Waals surface area (Å²) in [5.41, 5.74) is 4.73. The summed E-state index contributed by atoms with van der Waals surface area (Å²) in [6.07, 6.45) is 0.308. The monoisotopic (exact) mass is 446 g/mol. The van der Waals surface area contributed by atoms with Crippen LogP contribution in [0.5, 0.6) is 5.75 Å². The normalized spacial score (nSPS) is 15.7. The van der Waals surface area contributed by atoms with Gasteiger partial charge in [0.2, 0.25) is 11.8 Å². The minimum Gasteiger partial charge on any atom is -0.497 e. The van der Waals surface area contributed by atoms with Gasteiger partial charge in [0.15, 0.2) is 0 Å². The molecule has 164 valence electrons. The molecule has 0 bridgehead atoms. The van der Waals surface area contributed by atoms with Crippen molar-refractivity contribution in [3.63, 3.8) is 0 Å². The summed E-state index contributed by atoms with van der Waals surface area (Å²) < 4.78 is 5.26. The Hall–Kier alpha value is -3.25. The Morgan fingerprint density at radius 3 is 2.44 bits per heavy atom. The first-order chi connectivity index (χ1) is 15.4. The molecule has 3 aromatic rings. The first kappa shape index (κ1) is 22.0. The molecule has 0 aromatic heterocycles. The predicted molar refractivity (Wildman–Crippen MR) is 130 cm³/mol. The molecule has 1 N–H and O–H groups in total. The number of nitrogens with zero attached hydrogens (tertiary/aromatic N) is 1. The lowest BCUT2D eigenvalue weighted by atomic mass is 10.1. The second kappa shape index (κ2) is 9.49. The van der Waals surface area contributed by atoms with Crippen molar-refractivity contribution >= 4 is 35.0 Å². The topological polar surface area (TPSA) is 58.6 Å². The predicted octanol–water partition coefficient (Wildman–Crippen LogP) is 5.52. The van der Waals surface area contributed by atoms with E-state index in [1.54, 1.807) is 23.8 Å². The van der Waals surface area contributed by atoms with Gasteiger partial charge in [-0.15, -0.1) is 11.8 Å². The maximum atomic E-state index is 13.3. The lowest BCUT2D eigenvalue weighted by Crippen LogP contribution is -2.38. The van der Waals surface area contributed by atoms with Gasteiger partial charge >= 0.3 is 0 Å². The molecule has 32 heavy (non-hydrogen) atoms. The SMILES string of the molecule is COc1ccc(C2CC(=O)N(CC(=O)Nc3cc(C)cc(C)c3)c3ccccc3S2)cc1. The van der Waals surface area contributed by atoms with Gasteiger partial charge in [-0.25, -0.2) is 0 Å². The van der Waals surface area contributed by atoms with Gasteiger partial charge in [0.05, 0.1) is 12.8 Å². The number of aryl methyl sites for hydroxylation is 2. The summed E-state index contributed by atoms with van der Waals surface area (Å²) in [6, 6.07) is 21.5. The van der Waals surface area contributed by atoms with E-state index in [1.165, 1.54) is 0 Å². The molecule has 2 amide bonds. The average molecular weight is 447 g/mol. The molecule has 5 nitrogen and oxygen atoms in total. The van der Waals surface area contributed by atoms with Gasteiger partial charge < -0.3 is 15.0 Å². The third kappa shape index (κ3) is 4.97. The molecular weight excluding hydrogens is 420 g/mol. The fraction of sp³-hybridized carbons (Fsp3) is 0.231. The van der Waals surface area contributed by atoms with E-state index in [2.05, 4.69) is 11.4 Å². The smallest absolute Gasteiger partial charge is 0.244 e. The molecule has 4 rings (SSSR count). The van der Waals surface area contributed by atoms with Crippen molar-refractivity contribution in [2.75, 3.05) is 23.9 Å². The van der Waals surface area contributed by atoms with E-state index in [-0.39, 0.29) is 23.6 Å². The van der Waals surface area contributed by atoms with Crippen LogP contribution in [0, 0.1) is 13.8 Å². The molecule has 0 aliphatic carbocycles. The average Bonchev–Trinajstić information content (AvgIpc) is 2.90. The molecule has 1 unspecified atom stereocenters. The third-order valence-corrected chi connectivity index (χ3v) is 6.70. The molecule has 0 radical (unpaired) electrons. The highest BCUT2D eigenvalue weighted by molar-refractivity contribution is 7.99. The summed E-state index contributed by atoms with van der Waals surface area (Å²) in [5, 5.41) is 2.90. The molecule has 3 aromatic carbocycles. The third-order valence-electron chi connectivity index (χ3n) is 5.38. The van der Waals surface area contributed by atoms with Crippen LogP contribution in [0.4, 0.5) is 11.4 Å². The molecule has 0 saturated carbocycles. The largest absolute Gasteiger partial charge is 0.497 e. The molecular formula is C26H26N2O3S. The van der Waals surface area contributed by atoms with Gasteiger partial charge in [-0.2, -0.15) is 0 Å². The lowest BCUT2D eigenvalue weighted by Gasteiger charge is -2.22. The molecule has 0 fully saturated rings. The number of hydrogen-bond acceptors (Lipinski definition) is 4. The van der Waals surface area contributed by atoms with Crippen molar-refractivity contribution in [1.29, 1.82) is 0 Å². The van der Waals surface area contributed by atoms with Gasteiger partial charge in [-0.1, -0.05) is 30.3 Å². The summed E-state index contributed by atoms with van der Waals surface area (Å²) >= 11 is 1.65. The van der Waals surface area contributed by atoms with Gasteiger partial charge in [-0.05, 0) is 66.9 Å². The number of methoxy groups -OCH3 is 1. The summed E-state index contributed by atoms with van der Waals surface area (Å²) in [7, 11) is 1.64. The van der Waals surface area contributed by atoms with E-state index in [1.807, 2.05) is 74.5 Å². The molecule has 1 atom stereocenters. The number of carbonyl (C=O) groups is 2. The zero-order chi connectivity index (χ0) is 22.7. The number of hydrogen-bond donors (Lipinski definition) is 1. The number of anilines is 2. The standard InChI is InChI=1S/C26H26N2O3S/c1-17-12-18(2)14-20(13-17)27-25(29)16-28-22-6-4-5-7-23(22)32-24(15-26(28)30)19-8-10-21(31-3)11-9-19/h4-14,24H,15-16H2,1-3H3,(H,27,29). The number of fused-ring (bicyclic) bond motifs is 1. The molecule has 1 aliphatic rings. The van der Waals surface area contributed by atoms with E-state index >= 15 is 0 Å². The first-order valence-corrected chi connectivity index (χ1v) is 11.4. The minimum absolute atomic E-state index is 0.0290. The zero-order valence-electron chi connectivity index (χ0n) is 18.4. The maximum Gasteiger partial charge on any atom is 0.244 e. The maximum absolute atomic E-state index is 13.3. The first-order valence-electron chi connectivity index (χ1n) is 10.5. The molecule has 0 saturated heterocycles. The van der Waals surface area contributed by atoms with Crippen LogP contribution in [0.25, 0.3) is 0 Å². The second-order valence-electron chi connectivity index (χ2n) is 7.96. The Kier molecular flexibility index (Phi) is 6.51. The van der Waals surface area contributed by atoms with Gasteiger partial charge in [-0.3, -0.25) is 9.59 Å². The van der Waals surface area contributed by atoms with Crippen LogP contribution in [-0.4, -0.2) is 25.5 Å². The van der Waals surface area contributed by atoms with Crippen molar-refractivity contribution < 1.29 is 14.3 Å². The second-order valence-corrected chi connectivity index (χ2v) is 9.20. The Morgan fingerprint density at radius 1 is 1.06 bits per heavy atom. The Morgan fingerprint density at radius 2 is 1.75 bits per heavy atom. The molecule has 1 aliphatic heterocycles. The number of amides is 2. The highest BCUT2D eigenvalue weighted by atomic mass is 32.2. The Bertz CT molecular complexity index is 1120. The van der Waals surface area contributed by atoms with Gasteiger partial charge in [0.1, 0.15) is 12.3 Å². The van der Waals surface area contributed by atoms with Crippen molar-refractivity contribution in [3.8, 4) is 5.75 Å². The van der Waals surface area contributed by atoms with Crippen molar-refractivity contribution in [2.24, 2.45) is 0 Å². The van der Waals surface area contributed by atoms with E-state index in [4.69, 9.17) is 4.74 Å². The summed E-state index contributed by atoms with van der Waals surface area (Å²) in [4.78, 5) is 28.7. The fourth-order valence-corrected chi connectivity index (χ4v) is 5.23. The number of para-hydroxylation sites is 1. The summed E-state index contributed by atoms with van der Waals surface area (Å²) in [6.45, 7) is 3.96. The van der Waals surface area contributed by atoms with Crippen LogP contribution in [0.1, 0.15) is 28.4 Å². The highest BCUT2D eigenvalue weighted by Crippen LogP contribution is 2.45. The molecule has 6 heteroatoms. The van der Waals surface area contributed by atoms with Crippen LogP contribution >= 0.6 is 11.8 Å². The summed E-state index contributed by atoms with van der Waals surface area (Å²) in [5.74, 6) is 0.494. The van der Waals surface area contributed by atoms with Crippen LogP contribution < -0.4 is 15.0 Å². The zero-order valence-corrected chi connectivity index (χ0v) is 19.2. The number of benzene rings is 3. The van der Waals surface area contributed by atoms with E-state index in [0.29, 0.717) is 6.42 Å². The Balaban J connectivity index is 1.57. The number of carbonyl (C=O) groups excluding carboxylic acids is 2. The molecule has 0 spiro atoms. The fourth-order valence-electron chi connectivity index (χ4n) is 3.95. The van der Waals surface area contributed by atoms with Crippen molar-refractivity contribution in [3.05, 3.63) is 83.4 Å². The van der Waals surface area contributed by atoms with Crippen LogP contribution in [0.2, 0.25) is 0 Å². The minimum atomic E-state index is -0.217. The van der Waals surface area contributed by atoms with Crippen molar-refractivity contribution in [1.82, 2.24) is 0 Å². The van der Waals surface area contributed by atoms with E-state index in [0.717, 1.165) is 38.7 Å². The van der Waals surface area contributed by atoms with Crippen LogP contribution in [0.3, 0.4) is 0 Å². The molecule has 1 heterocycles. The number of thioether (sulfide) groups is 1. The van der Waals surface area contributed by atoms with E-state index < -0.39 is 0 Å². The highest BCUT2D eigenvalue weighted by Gasteiger charge is 2.30. The van der Waals surface area contributed by atoms with E-state index in [9.17, 15) is 9.59 Å².